The van der Waals surface area contributed by atoms with Gasteiger partial charge in [0.2, 0.25) is 5.91 Å². The van der Waals surface area contributed by atoms with Gasteiger partial charge in [-0.2, -0.15) is 0 Å². The molecule has 2 amide bonds. The fraction of sp³-hybridized carbons (Fsp3) is 0.643. The number of fused-ring (bicyclic) bond motifs is 1. The van der Waals surface area contributed by atoms with Crippen molar-refractivity contribution in [3.8, 4) is 0 Å². The minimum absolute atomic E-state index is 0.209. The molecule has 1 aliphatic rings. The molecule has 0 aliphatic carbocycles. The fourth-order valence-electron chi connectivity index (χ4n) is 3.87. The van der Waals surface area contributed by atoms with Gasteiger partial charge in [0.15, 0.2) is 0 Å². The highest BCUT2D eigenvalue weighted by atomic mass is 32.2. The van der Waals surface area contributed by atoms with Gasteiger partial charge in [-0.1, -0.05) is 12.1 Å². The molecule has 1 aromatic rings. The van der Waals surface area contributed by atoms with Crippen molar-refractivity contribution in [3.05, 3.63) is 24.3 Å². The predicted octanol–water partition coefficient (Wildman–Crippen LogP) is 4.05. The average Bonchev–Trinajstić information content (AvgIpc) is 2.93. The maximum absolute atomic E-state index is 13.7. The molecular weight excluding hydrogens is 522 g/mol. The molecule has 39 heavy (non-hydrogen) atoms. The second-order valence-electron chi connectivity index (χ2n) is 11.2. The van der Waals surface area contributed by atoms with Gasteiger partial charge in [0, 0.05) is 17.2 Å². The van der Waals surface area contributed by atoms with Crippen molar-refractivity contribution in [2.75, 3.05) is 30.3 Å². The van der Waals surface area contributed by atoms with E-state index in [1.54, 1.807) is 54.5 Å². The third-order valence-electron chi connectivity index (χ3n) is 5.39. The van der Waals surface area contributed by atoms with Crippen molar-refractivity contribution in [1.29, 1.82) is 0 Å². The van der Waals surface area contributed by atoms with Crippen molar-refractivity contribution < 1.29 is 33.4 Å². The third kappa shape index (κ3) is 11.5. The Balaban J connectivity index is 2.10. The first-order valence-corrected chi connectivity index (χ1v) is 14.3. The maximum Gasteiger partial charge on any atom is 0.407 e. The number of para-hydroxylation sites is 1. The van der Waals surface area contributed by atoms with E-state index in [2.05, 4.69) is 10.6 Å². The minimum Gasteiger partial charge on any atom is -0.465 e. The third-order valence-corrected chi connectivity index (χ3v) is 6.55. The number of hydrogen-bond donors (Lipinski definition) is 2. The molecular formula is C28H43N3O7S. The molecule has 0 fully saturated rings. The normalized spacial score (nSPS) is 16.5. The number of hydrogen-bond acceptors (Lipinski definition) is 9. The lowest BCUT2D eigenvalue weighted by atomic mass is 10.1. The first kappa shape index (κ1) is 32.4. The smallest absolute Gasteiger partial charge is 0.407 e. The SMILES string of the molecule is CCOC(=O)[C@@H](CCCCNC(=O)OC(C)(C)C)NC1CSc2ccccc2N(CC(=O)OC(C)(C)C)C1=O. The molecule has 0 saturated carbocycles. The topological polar surface area (TPSA) is 123 Å². The first-order chi connectivity index (χ1) is 18.2. The van der Waals surface area contributed by atoms with Crippen LogP contribution < -0.4 is 15.5 Å². The summed E-state index contributed by atoms with van der Waals surface area (Å²) >= 11 is 1.48. The van der Waals surface area contributed by atoms with E-state index in [0.29, 0.717) is 37.2 Å². The van der Waals surface area contributed by atoms with Crippen LogP contribution in [0.25, 0.3) is 0 Å². The number of nitrogens with one attached hydrogen (secondary N) is 2. The lowest BCUT2D eigenvalue weighted by molar-refractivity contribution is -0.154. The molecule has 2 atom stereocenters. The summed E-state index contributed by atoms with van der Waals surface area (Å²) in [6.07, 6.45) is 1.12. The van der Waals surface area contributed by atoms with Gasteiger partial charge in [-0.3, -0.25) is 24.6 Å². The Morgan fingerprint density at radius 2 is 1.72 bits per heavy atom. The van der Waals surface area contributed by atoms with E-state index in [9.17, 15) is 19.2 Å². The van der Waals surface area contributed by atoms with Crippen LogP contribution in [0.3, 0.4) is 0 Å². The fourth-order valence-corrected chi connectivity index (χ4v) is 4.96. The van der Waals surface area contributed by atoms with Crippen molar-refractivity contribution in [2.45, 2.75) is 95.9 Å². The first-order valence-electron chi connectivity index (χ1n) is 13.3. The quantitative estimate of drug-likeness (QED) is 0.232. The number of carbonyl (C=O) groups excluding carboxylic acids is 4. The van der Waals surface area contributed by atoms with Crippen molar-refractivity contribution in [3.63, 3.8) is 0 Å². The predicted molar refractivity (Wildman–Crippen MR) is 151 cm³/mol. The van der Waals surface area contributed by atoms with Gasteiger partial charge in [-0.05, 0) is 79.9 Å². The Bertz CT molecular complexity index is 1000. The van der Waals surface area contributed by atoms with Crippen LogP contribution in [0, 0.1) is 0 Å². The zero-order valence-electron chi connectivity index (χ0n) is 24.1. The van der Waals surface area contributed by atoms with E-state index in [1.165, 1.54) is 16.7 Å². The number of amides is 2. The molecule has 11 heteroatoms. The zero-order chi connectivity index (χ0) is 29.2. The molecule has 0 bridgehead atoms. The van der Waals surface area contributed by atoms with Crippen molar-refractivity contribution in [2.24, 2.45) is 0 Å². The molecule has 0 saturated heterocycles. The summed E-state index contributed by atoms with van der Waals surface area (Å²) < 4.78 is 16.0. The van der Waals surface area contributed by atoms with Gasteiger partial charge in [-0.25, -0.2) is 4.79 Å². The van der Waals surface area contributed by atoms with Crippen LogP contribution in [0.2, 0.25) is 0 Å². The Morgan fingerprint density at radius 1 is 1.05 bits per heavy atom. The van der Waals surface area contributed by atoms with Gasteiger partial charge in [0.1, 0.15) is 23.8 Å². The summed E-state index contributed by atoms with van der Waals surface area (Å²) in [7, 11) is 0. The summed E-state index contributed by atoms with van der Waals surface area (Å²) in [5.41, 5.74) is -0.641. The number of rotatable bonds is 11. The zero-order valence-corrected chi connectivity index (χ0v) is 24.9. The van der Waals surface area contributed by atoms with E-state index in [0.717, 1.165) is 4.90 Å². The van der Waals surface area contributed by atoms with Crippen molar-refractivity contribution >= 4 is 41.4 Å². The van der Waals surface area contributed by atoms with Crippen LogP contribution in [0.4, 0.5) is 10.5 Å². The molecule has 1 aliphatic heterocycles. The Morgan fingerprint density at radius 3 is 2.36 bits per heavy atom. The summed E-state index contributed by atoms with van der Waals surface area (Å²) in [6, 6.07) is 5.92. The molecule has 0 aromatic heterocycles. The molecule has 2 N–H and O–H groups in total. The van der Waals surface area contributed by atoms with Gasteiger partial charge in [0.05, 0.1) is 18.3 Å². The van der Waals surface area contributed by atoms with Crippen LogP contribution in [-0.4, -0.2) is 72.7 Å². The lowest BCUT2D eigenvalue weighted by Crippen LogP contribution is -2.54. The van der Waals surface area contributed by atoms with E-state index in [4.69, 9.17) is 14.2 Å². The molecule has 218 valence electrons. The average molecular weight is 566 g/mol. The van der Waals surface area contributed by atoms with Gasteiger partial charge in [-0.15, -0.1) is 11.8 Å². The Hall–Kier alpha value is -2.79. The number of benzene rings is 1. The van der Waals surface area contributed by atoms with Gasteiger partial charge < -0.3 is 19.5 Å². The summed E-state index contributed by atoms with van der Waals surface area (Å²) in [4.78, 5) is 53.3. The summed E-state index contributed by atoms with van der Waals surface area (Å²) in [5, 5.41) is 5.91. The monoisotopic (exact) mass is 565 g/mol. The number of esters is 2. The molecule has 0 radical (unpaired) electrons. The van der Waals surface area contributed by atoms with Crippen LogP contribution in [0.5, 0.6) is 0 Å². The Kier molecular flexibility index (Phi) is 12.1. The molecule has 1 heterocycles. The van der Waals surface area contributed by atoms with E-state index >= 15 is 0 Å². The second-order valence-corrected chi connectivity index (χ2v) is 12.3. The summed E-state index contributed by atoms with van der Waals surface area (Å²) in [5.74, 6) is -0.915. The molecule has 0 spiro atoms. The standard InChI is InChI=1S/C28H43N3O7S/c1-8-36-25(34)19(13-11-12-16-29-26(35)38-28(5,6)7)30-20-18-39-22-15-10-9-14-21(22)31(24(20)33)17-23(32)37-27(2,3)4/h9-10,14-15,19-20,30H,8,11-13,16-18H2,1-7H3,(H,29,35)/t19-,20?/m1/s1. The van der Waals surface area contributed by atoms with Crippen LogP contribution in [0.15, 0.2) is 29.2 Å². The number of anilines is 1. The van der Waals surface area contributed by atoms with Gasteiger partial charge in [0.25, 0.3) is 0 Å². The van der Waals surface area contributed by atoms with E-state index < -0.39 is 41.3 Å². The Labute approximate surface area is 235 Å². The van der Waals surface area contributed by atoms with Crippen LogP contribution in [0.1, 0.15) is 67.7 Å². The number of alkyl carbamates (subject to hydrolysis) is 1. The maximum atomic E-state index is 13.7. The molecule has 10 nitrogen and oxygen atoms in total. The highest BCUT2D eigenvalue weighted by Gasteiger charge is 2.35. The lowest BCUT2D eigenvalue weighted by Gasteiger charge is -2.28. The minimum atomic E-state index is -0.737. The molecule has 2 rings (SSSR count). The number of carbonyl (C=O) groups is 4. The number of nitrogens with zero attached hydrogens (tertiary/aromatic N) is 1. The second kappa shape index (κ2) is 14.6. The molecule has 1 aromatic carbocycles. The largest absolute Gasteiger partial charge is 0.465 e. The van der Waals surface area contributed by atoms with E-state index in [1.807, 2.05) is 18.2 Å². The number of unbranched alkanes of at least 4 members (excludes halogenated alkanes) is 1. The van der Waals surface area contributed by atoms with E-state index in [-0.39, 0.29) is 19.1 Å². The number of thioether (sulfide) groups is 1. The van der Waals surface area contributed by atoms with Gasteiger partial charge >= 0.3 is 18.0 Å². The molecule has 1 unspecified atom stereocenters. The van der Waals surface area contributed by atoms with Crippen LogP contribution >= 0.6 is 11.8 Å². The highest BCUT2D eigenvalue weighted by Crippen LogP contribution is 2.34. The van der Waals surface area contributed by atoms with Crippen molar-refractivity contribution in [1.82, 2.24) is 10.6 Å². The highest BCUT2D eigenvalue weighted by molar-refractivity contribution is 7.99. The summed E-state index contributed by atoms with van der Waals surface area (Å²) in [6.45, 7) is 12.8. The number of ether oxygens (including phenoxy) is 3. The van der Waals surface area contributed by atoms with Crippen LogP contribution in [-0.2, 0) is 28.6 Å².